The molecule has 0 aliphatic carbocycles. The van der Waals surface area contributed by atoms with Gasteiger partial charge in [-0.2, -0.15) is 28.5 Å². The summed E-state index contributed by atoms with van der Waals surface area (Å²) in [7, 11) is 1.24. The molecule has 14 heteroatoms. The molecule has 0 spiro atoms. The van der Waals surface area contributed by atoms with Gasteiger partial charge in [0.05, 0.1) is 18.0 Å². The van der Waals surface area contributed by atoms with Crippen molar-refractivity contribution in [2.24, 2.45) is 0 Å². The van der Waals surface area contributed by atoms with Crippen molar-refractivity contribution in [2.75, 3.05) is 17.7 Å². The largest absolute Gasteiger partial charge is 0.573 e. The smallest absolute Gasteiger partial charge is 0.403 e. The molecule has 3 aromatic rings. The average Bonchev–Trinajstić information content (AvgIpc) is 3.06. The van der Waals surface area contributed by atoms with Crippen molar-refractivity contribution in [3.63, 3.8) is 0 Å². The van der Waals surface area contributed by atoms with Gasteiger partial charge in [-0.25, -0.2) is 9.67 Å². The maximum atomic E-state index is 13.0. The predicted molar refractivity (Wildman–Crippen MR) is 91.9 cm³/mol. The van der Waals surface area contributed by atoms with Gasteiger partial charge < -0.3 is 15.4 Å². The summed E-state index contributed by atoms with van der Waals surface area (Å²) in [6.45, 7) is -0.359. The number of anilines is 3. The second-order valence-corrected chi connectivity index (χ2v) is 5.71. The van der Waals surface area contributed by atoms with Crippen LogP contribution in [0.3, 0.4) is 0 Å². The van der Waals surface area contributed by atoms with Crippen LogP contribution in [0.5, 0.6) is 5.75 Å². The quantitative estimate of drug-likeness (QED) is 0.588. The molecule has 1 aromatic carbocycles. The summed E-state index contributed by atoms with van der Waals surface area (Å²) in [5.74, 6) is -1.33. The fourth-order valence-corrected chi connectivity index (χ4v) is 2.63. The van der Waals surface area contributed by atoms with Crippen LogP contribution in [0.25, 0.3) is 10.9 Å². The molecular weight excluding hydrogens is 420 g/mol. The molecule has 0 aliphatic heterocycles. The zero-order chi connectivity index (χ0) is 22.1. The summed E-state index contributed by atoms with van der Waals surface area (Å²) >= 11 is 0. The molecular formula is C16H11F6N7O. The van der Waals surface area contributed by atoms with Gasteiger partial charge >= 0.3 is 12.5 Å². The molecule has 3 rings (SSSR count). The Hall–Kier alpha value is -3.76. The molecule has 2 N–H and O–H groups in total. The molecule has 0 aliphatic rings. The average molecular weight is 431 g/mol. The topological polar surface area (TPSA) is 101 Å². The van der Waals surface area contributed by atoms with E-state index in [4.69, 9.17) is 5.26 Å². The number of halogens is 6. The lowest BCUT2D eigenvalue weighted by molar-refractivity contribution is -0.274. The van der Waals surface area contributed by atoms with Crippen molar-refractivity contribution < 1.29 is 31.1 Å². The number of nitrogens with one attached hydrogen (secondary N) is 2. The molecule has 2 aromatic heterocycles. The molecule has 0 saturated carbocycles. The number of rotatable bonds is 5. The molecule has 0 bridgehead atoms. The van der Waals surface area contributed by atoms with Gasteiger partial charge in [-0.1, -0.05) is 0 Å². The van der Waals surface area contributed by atoms with Crippen molar-refractivity contribution in [1.82, 2.24) is 19.7 Å². The fraction of sp³-hybridized carbons (Fsp3) is 0.250. The van der Waals surface area contributed by atoms with E-state index in [9.17, 15) is 26.3 Å². The van der Waals surface area contributed by atoms with Crippen LogP contribution in [0.4, 0.5) is 43.8 Å². The van der Waals surface area contributed by atoms with Gasteiger partial charge in [0.1, 0.15) is 23.4 Å². The lowest BCUT2D eigenvalue weighted by Crippen LogP contribution is -2.18. The molecule has 0 fully saturated rings. The number of hydrogen-bond donors (Lipinski definition) is 2. The summed E-state index contributed by atoms with van der Waals surface area (Å²) < 4.78 is 82.0. The number of hydrogen-bond acceptors (Lipinski definition) is 7. The Bertz CT molecular complexity index is 1120. The van der Waals surface area contributed by atoms with E-state index in [-0.39, 0.29) is 29.1 Å². The lowest BCUT2D eigenvalue weighted by atomic mass is 10.2. The number of ether oxygens (including phenoxy) is 1. The van der Waals surface area contributed by atoms with E-state index in [0.717, 1.165) is 10.7 Å². The van der Waals surface area contributed by atoms with Crippen LogP contribution in [0.15, 0.2) is 24.5 Å². The third-order valence-electron chi connectivity index (χ3n) is 3.79. The second kappa shape index (κ2) is 7.58. The first-order valence-electron chi connectivity index (χ1n) is 8.03. The summed E-state index contributed by atoms with van der Waals surface area (Å²) in [6, 6.07) is 3.94. The SMILES string of the molecule is CNc1nc(Nc2ccc(OC(F)(F)F)c3c2cnn3CC#N)ncc1C(F)(F)F. The van der Waals surface area contributed by atoms with E-state index < -0.39 is 29.7 Å². The minimum atomic E-state index is -4.98. The monoisotopic (exact) mass is 431 g/mol. The van der Waals surface area contributed by atoms with Crippen LogP contribution < -0.4 is 15.4 Å². The van der Waals surface area contributed by atoms with Gasteiger partial charge in [0.2, 0.25) is 5.95 Å². The Balaban J connectivity index is 2.06. The number of alkyl halides is 6. The number of benzene rings is 1. The highest BCUT2D eigenvalue weighted by atomic mass is 19.4. The Morgan fingerprint density at radius 3 is 2.50 bits per heavy atom. The molecule has 0 unspecified atom stereocenters. The molecule has 0 atom stereocenters. The molecule has 158 valence electrons. The number of nitriles is 1. The third kappa shape index (κ3) is 4.29. The van der Waals surface area contributed by atoms with E-state index in [1.54, 1.807) is 6.07 Å². The summed E-state index contributed by atoms with van der Waals surface area (Å²) in [5, 5.41) is 17.8. The molecule has 30 heavy (non-hydrogen) atoms. The lowest BCUT2D eigenvalue weighted by Gasteiger charge is -2.15. The second-order valence-electron chi connectivity index (χ2n) is 5.71. The minimum absolute atomic E-state index is 0.113. The fourth-order valence-electron chi connectivity index (χ4n) is 2.63. The molecule has 0 saturated heterocycles. The van der Waals surface area contributed by atoms with Crippen molar-refractivity contribution >= 4 is 28.4 Å². The molecule has 8 nitrogen and oxygen atoms in total. The van der Waals surface area contributed by atoms with E-state index in [2.05, 4.69) is 30.4 Å². The van der Waals surface area contributed by atoms with Gasteiger partial charge in [0, 0.05) is 18.6 Å². The standard InChI is InChI=1S/C16H11F6N7O/c1-24-13-9(15(17,18)19)7-25-14(28-13)27-10-2-3-11(30-16(20,21)22)12-8(10)6-26-29(12)5-4-23/h2-3,6-7H,5H2,1H3,(H2,24,25,27,28). The van der Waals surface area contributed by atoms with Crippen molar-refractivity contribution in [2.45, 2.75) is 19.1 Å². The van der Waals surface area contributed by atoms with Gasteiger partial charge in [0.25, 0.3) is 0 Å². The Labute approximate surface area is 164 Å². The molecule has 2 heterocycles. The summed E-state index contributed by atoms with van der Waals surface area (Å²) in [6.07, 6.45) is -7.92. The first-order valence-corrected chi connectivity index (χ1v) is 8.03. The normalized spacial score (nSPS) is 11.9. The molecule has 0 amide bonds. The zero-order valence-electron chi connectivity index (χ0n) is 14.9. The Morgan fingerprint density at radius 1 is 1.17 bits per heavy atom. The highest BCUT2D eigenvalue weighted by Crippen LogP contribution is 2.37. The van der Waals surface area contributed by atoms with Gasteiger partial charge in [0.15, 0.2) is 5.75 Å². The first kappa shape index (κ1) is 21.0. The molecule has 0 radical (unpaired) electrons. The maximum Gasteiger partial charge on any atom is 0.573 e. The van der Waals surface area contributed by atoms with Gasteiger partial charge in [-0.05, 0) is 12.1 Å². The van der Waals surface area contributed by atoms with Crippen LogP contribution in [0.2, 0.25) is 0 Å². The number of nitrogens with zero attached hydrogens (tertiary/aromatic N) is 5. The predicted octanol–water partition coefficient (Wildman–Crippen LogP) is 4.05. The summed E-state index contributed by atoms with van der Waals surface area (Å²) in [4.78, 5) is 7.35. The van der Waals surface area contributed by atoms with E-state index in [0.29, 0.717) is 6.20 Å². The van der Waals surface area contributed by atoms with Crippen molar-refractivity contribution in [3.05, 3.63) is 30.1 Å². The number of fused-ring (bicyclic) bond motifs is 1. The minimum Gasteiger partial charge on any atom is -0.403 e. The number of aromatic nitrogens is 4. The van der Waals surface area contributed by atoms with Crippen molar-refractivity contribution in [3.8, 4) is 11.8 Å². The first-order chi connectivity index (χ1) is 14.0. The summed E-state index contributed by atoms with van der Waals surface area (Å²) in [5.41, 5.74) is -1.08. The Morgan fingerprint density at radius 2 is 1.90 bits per heavy atom. The van der Waals surface area contributed by atoms with Gasteiger partial charge in [-0.3, -0.25) is 0 Å². The van der Waals surface area contributed by atoms with Crippen LogP contribution in [0.1, 0.15) is 5.56 Å². The van der Waals surface area contributed by atoms with Crippen LogP contribution >= 0.6 is 0 Å². The highest BCUT2D eigenvalue weighted by Gasteiger charge is 2.35. The zero-order valence-corrected chi connectivity index (χ0v) is 14.9. The maximum absolute atomic E-state index is 13.0. The van der Waals surface area contributed by atoms with Gasteiger partial charge in [-0.15, -0.1) is 13.2 Å². The third-order valence-corrected chi connectivity index (χ3v) is 3.79. The van der Waals surface area contributed by atoms with E-state index in [1.165, 1.54) is 19.3 Å². The van der Waals surface area contributed by atoms with Crippen LogP contribution in [-0.2, 0) is 12.7 Å². The van der Waals surface area contributed by atoms with Crippen LogP contribution in [0, 0.1) is 11.3 Å². The van der Waals surface area contributed by atoms with E-state index >= 15 is 0 Å². The van der Waals surface area contributed by atoms with Crippen LogP contribution in [-0.4, -0.2) is 33.2 Å². The Kier molecular flexibility index (Phi) is 5.29. The van der Waals surface area contributed by atoms with E-state index in [1.807, 2.05) is 0 Å². The highest BCUT2D eigenvalue weighted by molar-refractivity contribution is 5.96. The van der Waals surface area contributed by atoms with Crippen molar-refractivity contribution in [1.29, 1.82) is 5.26 Å².